The van der Waals surface area contributed by atoms with Crippen LogP contribution in [0, 0.1) is 27.7 Å². The molecule has 0 bridgehead atoms. The molecule has 1 saturated heterocycles. The SMILES string of the molecule is Cc1cc(C)c(C)c(S(=O)(=O)N2CCCCCC2)c1C. The van der Waals surface area contributed by atoms with Crippen LogP contribution < -0.4 is 0 Å². The highest BCUT2D eigenvalue weighted by atomic mass is 32.2. The molecule has 0 N–H and O–H groups in total. The van der Waals surface area contributed by atoms with E-state index >= 15 is 0 Å². The largest absolute Gasteiger partial charge is 0.243 e. The standard InChI is InChI=1S/C16H25NO2S/c1-12-11-13(2)15(4)16(14(12)3)20(18,19)17-9-7-5-6-8-10-17/h11H,5-10H2,1-4H3. The third kappa shape index (κ3) is 2.77. The summed E-state index contributed by atoms with van der Waals surface area (Å²) in [4.78, 5) is 0.539. The van der Waals surface area contributed by atoms with Crippen molar-refractivity contribution in [1.82, 2.24) is 4.31 Å². The van der Waals surface area contributed by atoms with E-state index < -0.39 is 10.0 Å². The topological polar surface area (TPSA) is 37.4 Å². The van der Waals surface area contributed by atoms with E-state index in [4.69, 9.17) is 0 Å². The van der Waals surface area contributed by atoms with Gasteiger partial charge in [-0.15, -0.1) is 0 Å². The van der Waals surface area contributed by atoms with Crippen molar-refractivity contribution in [3.63, 3.8) is 0 Å². The molecule has 3 nitrogen and oxygen atoms in total. The van der Waals surface area contributed by atoms with E-state index in [0.29, 0.717) is 18.0 Å². The Morgan fingerprint density at radius 2 is 1.30 bits per heavy atom. The van der Waals surface area contributed by atoms with E-state index in [9.17, 15) is 8.42 Å². The molecule has 112 valence electrons. The summed E-state index contributed by atoms with van der Waals surface area (Å²) < 4.78 is 27.7. The van der Waals surface area contributed by atoms with Crippen LogP contribution in [0.4, 0.5) is 0 Å². The van der Waals surface area contributed by atoms with Gasteiger partial charge in [-0.2, -0.15) is 4.31 Å². The van der Waals surface area contributed by atoms with E-state index in [2.05, 4.69) is 6.07 Å². The fourth-order valence-electron chi connectivity index (χ4n) is 2.98. The molecule has 0 radical (unpaired) electrons. The van der Waals surface area contributed by atoms with Crippen LogP contribution in [0.1, 0.15) is 47.9 Å². The molecule has 1 heterocycles. The van der Waals surface area contributed by atoms with E-state index in [0.717, 1.165) is 47.9 Å². The van der Waals surface area contributed by atoms with E-state index in [1.807, 2.05) is 27.7 Å². The fourth-order valence-corrected chi connectivity index (χ4v) is 5.07. The second kappa shape index (κ2) is 5.86. The molecule has 2 rings (SSSR count). The Morgan fingerprint density at radius 1 is 0.850 bits per heavy atom. The van der Waals surface area contributed by atoms with Crippen LogP contribution >= 0.6 is 0 Å². The molecular formula is C16H25NO2S. The third-order valence-corrected chi connectivity index (χ3v) is 6.63. The van der Waals surface area contributed by atoms with Crippen LogP contribution in [0.25, 0.3) is 0 Å². The summed E-state index contributed by atoms with van der Waals surface area (Å²) in [5, 5.41) is 0. The molecule has 1 aromatic rings. The Balaban J connectivity index is 2.54. The minimum atomic E-state index is -3.36. The van der Waals surface area contributed by atoms with Crippen LogP contribution in [-0.4, -0.2) is 25.8 Å². The number of sulfonamides is 1. The highest BCUT2D eigenvalue weighted by molar-refractivity contribution is 7.89. The number of hydrogen-bond acceptors (Lipinski definition) is 2. The van der Waals surface area contributed by atoms with Gasteiger partial charge < -0.3 is 0 Å². The lowest BCUT2D eigenvalue weighted by atomic mass is 10.0. The molecule has 0 saturated carbocycles. The lowest BCUT2D eigenvalue weighted by molar-refractivity contribution is 0.423. The van der Waals surface area contributed by atoms with Crippen molar-refractivity contribution in [3.05, 3.63) is 28.3 Å². The first-order valence-electron chi connectivity index (χ1n) is 7.43. The quantitative estimate of drug-likeness (QED) is 0.837. The van der Waals surface area contributed by atoms with Gasteiger partial charge in [-0.1, -0.05) is 18.9 Å². The maximum absolute atomic E-state index is 13.0. The summed E-state index contributed by atoms with van der Waals surface area (Å²) in [6.45, 7) is 9.15. The summed E-state index contributed by atoms with van der Waals surface area (Å²) in [7, 11) is -3.36. The summed E-state index contributed by atoms with van der Waals surface area (Å²) in [6, 6.07) is 2.08. The zero-order chi connectivity index (χ0) is 14.9. The van der Waals surface area contributed by atoms with Crippen LogP contribution in [0.15, 0.2) is 11.0 Å². The molecule has 1 aliphatic rings. The van der Waals surface area contributed by atoms with Gasteiger partial charge >= 0.3 is 0 Å². The Hall–Kier alpha value is -0.870. The highest BCUT2D eigenvalue weighted by Crippen LogP contribution is 2.29. The van der Waals surface area contributed by atoms with Crippen molar-refractivity contribution >= 4 is 10.0 Å². The van der Waals surface area contributed by atoms with Crippen LogP contribution in [0.3, 0.4) is 0 Å². The Labute approximate surface area is 123 Å². The van der Waals surface area contributed by atoms with Gasteiger partial charge in [0, 0.05) is 13.1 Å². The second-order valence-corrected chi connectivity index (χ2v) is 7.78. The van der Waals surface area contributed by atoms with Gasteiger partial charge in [-0.25, -0.2) is 8.42 Å². The van der Waals surface area contributed by atoms with Crippen molar-refractivity contribution < 1.29 is 8.42 Å². The molecule has 1 aliphatic heterocycles. The van der Waals surface area contributed by atoms with Crippen LogP contribution in [0.2, 0.25) is 0 Å². The average molecular weight is 295 g/mol. The predicted octanol–water partition coefficient (Wildman–Crippen LogP) is 3.48. The zero-order valence-electron chi connectivity index (χ0n) is 13.0. The van der Waals surface area contributed by atoms with Crippen molar-refractivity contribution in [1.29, 1.82) is 0 Å². The monoisotopic (exact) mass is 295 g/mol. The number of rotatable bonds is 2. The van der Waals surface area contributed by atoms with Gasteiger partial charge in [-0.05, 0) is 62.8 Å². The zero-order valence-corrected chi connectivity index (χ0v) is 13.8. The Morgan fingerprint density at radius 3 is 1.75 bits per heavy atom. The minimum absolute atomic E-state index is 0.539. The van der Waals surface area contributed by atoms with Gasteiger partial charge in [0.2, 0.25) is 10.0 Å². The van der Waals surface area contributed by atoms with E-state index in [1.165, 1.54) is 0 Å². The highest BCUT2D eigenvalue weighted by Gasteiger charge is 2.29. The predicted molar refractivity (Wildman–Crippen MR) is 82.6 cm³/mol. The summed E-state index contributed by atoms with van der Waals surface area (Å²) in [5.41, 5.74) is 3.91. The molecule has 1 aromatic carbocycles. The molecule has 4 heteroatoms. The van der Waals surface area contributed by atoms with Gasteiger partial charge in [0.15, 0.2) is 0 Å². The first-order chi connectivity index (χ1) is 9.35. The van der Waals surface area contributed by atoms with Crippen molar-refractivity contribution in [3.8, 4) is 0 Å². The lowest BCUT2D eigenvalue weighted by Gasteiger charge is -2.24. The van der Waals surface area contributed by atoms with E-state index in [-0.39, 0.29) is 0 Å². The molecule has 20 heavy (non-hydrogen) atoms. The van der Waals surface area contributed by atoms with Crippen molar-refractivity contribution in [2.24, 2.45) is 0 Å². The number of benzene rings is 1. The van der Waals surface area contributed by atoms with Gasteiger partial charge in [-0.3, -0.25) is 0 Å². The maximum Gasteiger partial charge on any atom is 0.243 e. The summed E-state index contributed by atoms with van der Waals surface area (Å²) >= 11 is 0. The first kappa shape index (κ1) is 15.5. The fraction of sp³-hybridized carbons (Fsp3) is 0.625. The third-order valence-electron chi connectivity index (χ3n) is 4.46. The van der Waals surface area contributed by atoms with Crippen LogP contribution in [-0.2, 0) is 10.0 Å². The molecule has 0 amide bonds. The second-order valence-electron chi connectivity index (χ2n) is 5.91. The van der Waals surface area contributed by atoms with Crippen molar-refractivity contribution in [2.45, 2.75) is 58.3 Å². The molecule has 0 aromatic heterocycles. The Kier molecular flexibility index (Phi) is 4.55. The average Bonchev–Trinajstić information content (AvgIpc) is 2.65. The van der Waals surface area contributed by atoms with Crippen molar-refractivity contribution in [2.75, 3.05) is 13.1 Å². The molecule has 0 unspecified atom stereocenters. The van der Waals surface area contributed by atoms with Crippen LogP contribution in [0.5, 0.6) is 0 Å². The molecular weight excluding hydrogens is 270 g/mol. The molecule has 0 spiro atoms. The minimum Gasteiger partial charge on any atom is -0.207 e. The summed E-state index contributed by atoms with van der Waals surface area (Å²) in [6.07, 6.45) is 4.22. The molecule has 1 fully saturated rings. The lowest BCUT2D eigenvalue weighted by Crippen LogP contribution is -2.33. The smallest absolute Gasteiger partial charge is 0.207 e. The first-order valence-corrected chi connectivity index (χ1v) is 8.87. The van der Waals surface area contributed by atoms with Gasteiger partial charge in [0.1, 0.15) is 0 Å². The maximum atomic E-state index is 13.0. The number of aryl methyl sites for hydroxylation is 2. The van der Waals surface area contributed by atoms with Gasteiger partial charge in [0.25, 0.3) is 0 Å². The number of nitrogens with zero attached hydrogens (tertiary/aromatic N) is 1. The van der Waals surface area contributed by atoms with E-state index in [1.54, 1.807) is 4.31 Å². The molecule has 0 atom stereocenters. The van der Waals surface area contributed by atoms with Gasteiger partial charge in [0.05, 0.1) is 4.90 Å². The number of hydrogen-bond donors (Lipinski definition) is 0. The normalized spacial score (nSPS) is 18.0. The molecule has 0 aliphatic carbocycles. The Bertz CT molecular complexity index is 571. The summed E-state index contributed by atoms with van der Waals surface area (Å²) in [5.74, 6) is 0.